The van der Waals surface area contributed by atoms with Crippen molar-refractivity contribution in [3.63, 3.8) is 0 Å². The smallest absolute Gasteiger partial charge is 0.242 e. The molecule has 0 atom stereocenters. The third-order valence-corrected chi connectivity index (χ3v) is 5.42. The van der Waals surface area contributed by atoms with Crippen LogP contribution in [0.3, 0.4) is 0 Å². The summed E-state index contributed by atoms with van der Waals surface area (Å²) in [6.45, 7) is 3.53. The maximum absolute atomic E-state index is 12.7. The van der Waals surface area contributed by atoms with Crippen molar-refractivity contribution in [2.24, 2.45) is 5.92 Å². The first-order valence-electron chi connectivity index (χ1n) is 9.73. The number of likely N-dealkylation sites (tertiary alicyclic amines) is 1. The average molecular weight is 362 g/mol. The lowest BCUT2D eigenvalue weighted by atomic mass is 9.98. The SMILES string of the molecule is O=C(Cn1ccc2ccccc21)N1CCC(COCc2ccccc2)CC1. The summed E-state index contributed by atoms with van der Waals surface area (Å²) in [5, 5.41) is 1.18. The topological polar surface area (TPSA) is 34.5 Å². The number of aromatic nitrogens is 1. The molecule has 140 valence electrons. The number of hydrogen-bond donors (Lipinski definition) is 0. The van der Waals surface area contributed by atoms with Crippen LogP contribution in [-0.2, 0) is 22.7 Å². The Morgan fingerprint density at radius 2 is 1.70 bits per heavy atom. The second-order valence-electron chi connectivity index (χ2n) is 7.33. The molecule has 1 fully saturated rings. The van der Waals surface area contributed by atoms with Crippen LogP contribution in [0.4, 0.5) is 0 Å². The predicted octanol–water partition coefficient (Wildman–Crippen LogP) is 4.10. The normalized spacial score (nSPS) is 15.3. The Morgan fingerprint density at radius 1 is 0.963 bits per heavy atom. The highest BCUT2D eigenvalue weighted by molar-refractivity contribution is 5.83. The Labute approximate surface area is 160 Å². The third kappa shape index (κ3) is 4.40. The maximum Gasteiger partial charge on any atom is 0.242 e. The van der Waals surface area contributed by atoms with E-state index in [0.29, 0.717) is 19.1 Å². The van der Waals surface area contributed by atoms with Crippen LogP contribution in [0.5, 0.6) is 0 Å². The number of carbonyl (C=O) groups excluding carboxylic acids is 1. The van der Waals surface area contributed by atoms with Crippen LogP contribution >= 0.6 is 0 Å². The summed E-state index contributed by atoms with van der Waals surface area (Å²) in [7, 11) is 0. The summed E-state index contributed by atoms with van der Waals surface area (Å²) in [6, 6.07) is 20.5. The molecule has 1 saturated heterocycles. The summed E-state index contributed by atoms with van der Waals surface area (Å²) in [5.41, 5.74) is 2.33. The number of amides is 1. The van der Waals surface area contributed by atoms with Gasteiger partial charge in [0.05, 0.1) is 6.61 Å². The molecule has 0 saturated carbocycles. The van der Waals surface area contributed by atoms with Crippen LogP contribution in [0.25, 0.3) is 10.9 Å². The Balaban J connectivity index is 1.23. The molecule has 2 heterocycles. The number of rotatable bonds is 6. The number of fused-ring (bicyclic) bond motifs is 1. The first-order chi connectivity index (χ1) is 13.3. The summed E-state index contributed by atoms with van der Waals surface area (Å²) >= 11 is 0. The van der Waals surface area contributed by atoms with E-state index in [1.807, 2.05) is 46.0 Å². The van der Waals surface area contributed by atoms with Crippen LogP contribution in [0.1, 0.15) is 18.4 Å². The van der Waals surface area contributed by atoms with Gasteiger partial charge in [0, 0.05) is 31.4 Å². The first kappa shape index (κ1) is 17.8. The second kappa shape index (κ2) is 8.40. The van der Waals surface area contributed by atoms with E-state index in [9.17, 15) is 4.79 Å². The van der Waals surface area contributed by atoms with E-state index in [4.69, 9.17) is 4.74 Å². The number of para-hydroxylation sites is 1. The molecule has 0 spiro atoms. The Morgan fingerprint density at radius 3 is 2.52 bits per heavy atom. The van der Waals surface area contributed by atoms with Crippen LogP contribution in [-0.4, -0.2) is 35.1 Å². The van der Waals surface area contributed by atoms with Crippen molar-refractivity contribution in [1.29, 1.82) is 0 Å². The van der Waals surface area contributed by atoms with Crippen LogP contribution < -0.4 is 0 Å². The third-order valence-electron chi connectivity index (χ3n) is 5.42. The molecule has 0 bridgehead atoms. The molecule has 1 amide bonds. The molecular weight excluding hydrogens is 336 g/mol. The molecule has 0 unspecified atom stereocenters. The van der Waals surface area contributed by atoms with Crippen molar-refractivity contribution in [2.45, 2.75) is 26.0 Å². The number of nitrogens with zero attached hydrogens (tertiary/aromatic N) is 2. The quantitative estimate of drug-likeness (QED) is 0.662. The van der Waals surface area contributed by atoms with E-state index < -0.39 is 0 Å². The van der Waals surface area contributed by atoms with Crippen molar-refractivity contribution in [1.82, 2.24) is 9.47 Å². The Kier molecular flexibility index (Phi) is 5.54. The Hall–Kier alpha value is -2.59. The molecule has 1 aliphatic heterocycles. The van der Waals surface area contributed by atoms with Crippen LogP contribution in [0.15, 0.2) is 66.9 Å². The van der Waals surface area contributed by atoms with Crippen molar-refractivity contribution >= 4 is 16.8 Å². The molecule has 4 nitrogen and oxygen atoms in total. The lowest BCUT2D eigenvalue weighted by Gasteiger charge is -2.32. The van der Waals surface area contributed by atoms with Gasteiger partial charge in [-0.05, 0) is 41.8 Å². The number of hydrogen-bond acceptors (Lipinski definition) is 2. The van der Waals surface area contributed by atoms with Crippen molar-refractivity contribution in [2.75, 3.05) is 19.7 Å². The highest BCUT2D eigenvalue weighted by atomic mass is 16.5. The number of piperidine rings is 1. The van der Waals surface area contributed by atoms with Gasteiger partial charge in [-0.1, -0.05) is 48.5 Å². The molecule has 27 heavy (non-hydrogen) atoms. The lowest BCUT2D eigenvalue weighted by molar-refractivity contribution is -0.133. The van der Waals surface area contributed by atoms with Gasteiger partial charge in [-0.25, -0.2) is 0 Å². The van der Waals surface area contributed by atoms with Gasteiger partial charge in [-0.15, -0.1) is 0 Å². The molecule has 4 rings (SSSR count). The van der Waals surface area contributed by atoms with Gasteiger partial charge >= 0.3 is 0 Å². The fourth-order valence-corrected chi connectivity index (χ4v) is 3.79. The van der Waals surface area contributed by atoms with Gasteiger partial charge < -0.3 is 14.2 Å². The zero-order valence-electron chi connectivity index (χ0n) is 15.6. The highest BCUT2D eigenvalue weighted by Gasteiger charge is 2.23. The highest BCUT2D eigenvalue weighted by Crippen LogP contribution is 2.20. The average Bonchev–Trinajstić information content (AvgIpc) is 3.12. The van der Waals surface area contributed by atoms with E-state index in [2.05, 4.69) is 30.3 Å². The number of carbonyl (C=O) groups is 1. The predicted molar refractivity (Wildman–Crippen MR) is 107 cm³/mol. The first-order valence-corrected chi connectivity index (χ1v) is 9.73. The molecule has 1 aliphatic rings. The van der Waals surface area contributed by atoms with E-state index in [-0.39, 0.29) is 5.91 Å². The van der Waals surface area contributed by atoms with Gasteiger partial charge in [0.15, 0.2) is 0 Å². The second-order valence-corrected chi connectivity index (χ2v) is 7.33. The van der Waals surface area contributed by atoms with Gasteiger partial charge in [-0.2, -0.15) is 0 Å². The van der Waals surface area contributed by atoms with Crippen LogP contribution in [0.2, 0.25) is 0 Å². The zero-order chi connectivity index (χ0) is 18.5. The minimum Gasteiger partial charge on any atom is -0.376 e. The summed E-state index contributed by atoms with van der Waals surface area (Å²) in [5.74, 6) is 0.755. The van der Waals surface area contributed by atoms with E-state index in [1.54, 1.807) is 0 Å². The monoisotopic (exact) mass is 362 g/mol. The van der Waals surface area contributed by atoms with E-state index in [1.165, 1.54) is 10.9 Å². The fraction of sp³-hybridized carbons (Fsp3) is 0.348. The lowest BCUT2D eigenvalue weighted by Crippen LogP contribution is -2.41. The molecule has 2 aromatic carbocycles. The van der Waals surface area contributed by atoms with Gasteiger partial charge in [0.1, 0.15) is 6.54 Å². The van der Waals surface area contributed by atoms with Gasteiger partial charge in [0.25, 0.3) is 0 Å². The molecule has 4 heteroatoms. The van der Waals surface area contributed by atoms with Gasteiger partial charge in [0.2, 0.25) is 5.91 Å². The molecule has 0 radical (unpaired) electrons. The maximum atomic E-state index is 12.7. The summed E-state index contributed by atoms with van der Waals surface area (Å²) in [4.78, 5) is 14.7. The van der Waals surface area contributed by atoms with Crippen LogP contribution in [0, 0.1) is 5.92 Å². The molecule has 1 aromatic heterocycles. The molecule has 3 aromatic rings. The van der Waals surface area contributed by atoms with Crippen molar-refractivity contribution < 1.29 is 9.53 Å². The number of benzene rings is 2. The summed E-state index contributed by atoms with van der Waals surface area (Å²) in [6.07, 6.45) is 4.05. The van der Waals surface area contributed by atoms with Crippen molar-refractivity contribution in [3.8, 4) is 0 Å². The molecular formula is C23H26N2O2. The minimum atomic E-state index is 0.208. The van der Waals surface area contributed by atoms with E-state index in [0.717, 1.165) is 38.1 Å². The molecule has 0 N–H and O–H groups in total. The molecule has 0 aliphatic carbocycles. The minimum absolute atomic E-state index is 0.208. The van der Waals surface area contributed by atoms with Gasteiger partial charge in [-0.3, -0.25) is 4.79 Å². The standard InChI is InChI=1S/C23H26N2O2/c26-23(16-25-15-12-21-8-4-5-9-22(21)25)24-13-10-20(11-14-24)18-27-17-19-6-2-1-3-7-19/h1-9,12,15,20H,10-11,13-14,16-18H2. The zero-order valence-corrected chi connectivity index (χ0v) is 15.6. The number of ether oxygens (including phenoxy) is 1. The largest absolute Gasteiger partial charge is 0.376 e. The Bertz CT molecular complexity index is 880. The van der Waals surface area contributed by atoms with Crippen molar-refractivity contribution in [3.05, 3.63) is 72.4 Å². The summed E-state index contributed by atoms with van der Waals surface area (Å²) < 4.78 is 7.93. The fourth-order valence-electron chi connectivity index (χ4n) is 3.79. The van der Waals surface area contributed by atoms with E-state index >= 15 is 0 Å².